The Kier molecular flexibility index (Phi) is 7.36. The van der Waals surface area contributed by atoms with Crippen molar-refractivity contribution in [1.29, 1.82) is 0 Å². The minimum Gasteiger partial charge on any atom is -0.378 e. The van der Waals surface area contributed by atoms with Crippen LogP contribution in [0.25, 0.3) is 0 Å². The molecule has 4 heteroatoms. The van der Waals surface area contributed by atoms with Crippen molar-refractivity contribution in [2.24, 2.45) is 5.92 Å². The molecule has 0 N–H and O–H groups in total. The Bertz CT molecular complexity index is 546. The van der Waals surface area contributed by atoms with Crippen molar-refractivity contribution in [2.45, 2.75) is 57.9 Å². The van der Waals surface area contributed by atoms with Gasteiger partial charge in [-0.25, -0.2) is 0 Å². The summed E-state index contributed by atoms with van der Waals surface area (Å²) in [4.78, 5) is 16.6. The summed E-state index contributed by atoms with van der Waals surface area (Å²) in [6, 6.07) is 8.64. The Hall–Kier alpha value is -1.55. The predicted octanol–water partition coefficient (Wildman–Crippen LogP) is 4.23. The third-order valence-corrected chi connectivity index (χ3v) is 5.89. The fraction of sp³-hybridized carbons (Fsp3) is 0.682. The van der Waals surface area contributed by atoms with Gasteiger partial charge in [-0.3, -0.25) is 4.79 Å². The molecule has 1 aliphatic heterocycles. The van der Waals surface area contributed by atoms with Gasteiger partial charge < -0.3 is 14.5 Å². The molecule has 2 aliphatic rings. The van der Waals surface area contributed by atoms with Crippen LogP contribution in [0.1, 0.15) is 56.9 Å². The number of hydrogen-bond acceptors (Lipinski definition) is 3. The lowest BCUT2D eigenvalue weighted by molar-refractivity contribution is -0.130. The molecule has 4 nitrogen and oxygen atoms in total. The van der Waals surface area contributed by atoms with Crippen LogP contribution < -0.4 is 4.90 Å². The summed E-state index contributed by atoms with van der Waals surface area (Å²) in [7, 11) is 1.93. The number of benzene rings is 1. The summed E-state index contributed by atoms with van der Waals surface area (Å²) in [6.07, 6.45) is 9.90. The van der Waals surface area contributed by atoms with Gasteiger partial charge in [0.15, 0.2) is 0 Å². The fourth-order valence-electron chi connectivity index (χ4n) is 4.20. The van der Waals surface area contributed by atoms with Crippen molar-refractivity contribution >= 4 is 11.6 Å². The molecule has 1 amide bonds. The van der Waals surface area contributed by atoms with Gasteiger partial charge in [0.05, 0.1) is 13.2 Å². The van der Waals surface area contributed by atoms with Crippen molar-refractivity contribution in [1.82, 2.24) is 4.90 Å². The van der Waals surface area contributed by atoms with Crippen molar-refractivity contribution in [2.75, 3.05) is 38.3 Å². The number of morpholine rings is 1. The molecule has 1 aromatic rings. The van der Waals surface area contributed by atoms with Gasteiger partial charge in [-0.05, 0) is 36.5 Å². The van der Waals surface area contributed by atoms with E-state index in [1.54, 1.807) is 0 Å². The van der Waals surface area contributed by atoms with Gasteiger partial charge in [0.2, 0.25) is 5.91 Å². The smallest absolute Gasteiger partial charge is 0.222 e. The summed E-state index contributed by atoms with van der Waals surface area (Å²) in [5, 5.41) is 0. The topological polar surface area (TPSA) is 32.8 Å². The van der Waals surface area contributed by atoms with Gasteiger partial charge >= 0.3 is 0 Å². The molecule has 2 fully saturated rings. The van der Waals surface area contributed by atoms with Crippen LogP contribution in [-0.2, 0) is 16.1 Å². The Morgan fingerprint density at radius 1 is 1.12 bits per heavy atom. The molecular weight excluding hydrogens is 324 g/mol. The van der Waals surface area contributed by atoms with E-state index >= 15 is 0 Å². The highest BCUT2D eigenvalue weighted by atomic mass is 16.5. The highest BCUT2D eigenvalue weighted by molar-refractivity contribution is 5.75. The number of hydrogen-bond donors (Lipinski definition) is 0. The minimum absolute atomic E-state index is 0.276. The van der Waals surface area contributed by atoms with E-state index in [1.165, 1.54) is 49.8 Å². The number of carbonyl (C=O) groups is 1. The lowest BCUT2D eigenvalue weighted by atomic mass is 9.86. The minimum atomic E-state index is 0.276. The number of ether oxygens (including phenoxy) is 1. The van der Waals surface area contributed by atoms with Crippen LogP contribution in [0, 0.1) is 5.92 Å². The zero-order valence-electron chi connectivity index (χ0n) is 16.3. The van der Waals surface area contributed by atoms with Gasteiger partial charge in [-0.1, -0.05) is 44.2 Å². The first-order chi connectivity index (χ1) is 12.7. The number of rotatable bonds is 7. The van der Waals surface area contributed by atoms with Gasteiger partial charge in [0.1, 0.15) is 0 Å². The van der Waals surface area contributed by atoms with E-state index in [0.29, 0.717) is 13.0 Å². The van der Waals surface area contributed by atoms with E-state index < -0.39 is 0 Å². The van der Waals surface area contributed by atoms with Crippen molar-refractivity contribution in [3.63, 3.8) is 0 Å². The largest absolute Gasteiger partial charge is 0.378 e. The zero-order chi connectivity index (χ0) is 18.2. The molecule has 1 heterocycles. The average molecular weight is 359 g/mol. The van der Waals surface area contributed by atoms with E-state index in [2.05, 4.69) is 29.2 Å². The maximum atomic E-state index is 12.4. The number of nitrogens with zero attached hydrogens (tertiary/aromatic N) is 2. The predicted molar refractivity (Wildman–Crippen MR) is 106 cm³/mol. The molecule has 1 saturated heterocycles. The highest BCUT2D eigenvalue weighted by Crippen LogP contribution is 2.27. The normalized spacial score (nSPS) is 18.7. The van der Waals surface area contributed by atoms with Crippen LogP contribution in [0.15, 0.2) is 24.3 Å². The molecular formula is C22H34N2O2. The first kappa shape index (κ1) is 19.2. The van der Waals surface area contributed by atoms with E-state index in [9.17, 15) is 4.79 Å². The molecule has 1 saturated carbocycles. The van der Waals surface area contributed by atoms with Crippen molar-refractivity contribution in [3.05, 3.63) is 29.8 Å². The summed E-state index contributed by atoms with van der Waals surface area (Å²) in [5.41, 5.74) is 2.45. The molecule has 3 rings (SSSR count). The number of carbonyl (C=O) groups excluding carboxylic acids is 1. The third kappa shape index (κ3) is 5.73. The van der Waals surface area contributed by atoms with Crippen molar-refractivity contribution < 1.29 is 9.53 Å². The number of anilines is 1. The summed E-state index contributed by atoms with van der Waals surface area (Å²) >= 11 is 0. The standard InChI is InChI=1S/C22H34N2O2/c1-23(22(25)9-5-8-19-6-3-2-4-7-19)18-20-10-12-21(13-11-20)24-14-16-26-17-15-24/h10-13,19H,2-9,14-18H2,1H3. The maximum absolute atomic E-state index is 12.4. The molecule has 1 aliphatic carbocycles. The summed E-state index contributed by atoms with van der Waals surface area (Å²) in [5.74, 6) is 1.15. The quantitative estimate of drug-likeness (QED) is 0.731. The average Bonchev–Trinajstić information content (AvgIpc) is 2.70. The van der Waals surface area contributed by atoms with E-state index in [4.69, 9.17) is 4.74 Å². The van der Waals surface area contributed by atoms with Gasteiger partial charge in [-0.15, -0.1) is 0 Å². The fourth-order valence-corrected chi connectivity index (χ4v) is 4.20. The lowest BCUT2D eigenvalue weighted by Crippen LogP contribution is -2.36. The molecule has 0 bridgehead atoms. The molecule has 0 aromatic heterocycles. The molecule has 0 unspecified atom stereocenters. The Labute approximate surface area is 158 Å². The zero-order valence-corrected chi connectivity index (χ0v) is 16.3. The first-order valence-electron chi connectivity index (χ1n) is 10.4. The van der Waals surface area contributed by atoms with E-state index in [-0.39, 0.29) is 5.91 Å². The lowest BCUT2D eigenvalue weighted by Gasteiger charge is -2.29. The van der Waals surface area contributed by atoms with Crippen molar-refractivity contribution in [3.8, 4) is 0 Å². The van der Waals surface area contributed by atoms with Crippen LogP contribution in [0.3, 0.4) is 0 Å². The van der Waals surface area contributed by atoms with Gasteiger partial charge in [0, 0.05) is 38.8 Å². The number of amides is 1. The summed E-state index contributed by atoms with van der Waals surface area (Å²) in [6.45, 7) is 4.23. The van der Waals surface area contributed by atoms with Gasteiger partial charge in [0.25, 0.3) is 0 Å². The van der Waals surface area contributed by atoms with Crippen LogP contribution in [0.5, 0.6) is 0 Å². The van der Waals surface area contributed by atoms with Crippen LogP contribution in [-0.4, -0.2) is 44.2 Å². The second-order valence-corrected chi connectivity index (χ2v) is 7.91. The highest BCUT2D eigenvalue weighted by Gasteiger charge is 2.15. The third-order valence-electron chi connectivity index (χ3n) is 5.89. The summed E-state index contributed by atoms with van der Waals surface area (Å²) < 4.78 is 5.41. The van der Waals surface area contributed by atoms with E-state index in [1.807, 2.05) is 11.9 Å². The molecule has 0 radical (unpaired) electrons. The first-order valence-corrected chi connectivity index (χ1v) is 10.4. The molecule has 0 spiro atoms. The Balaban J connectivity index is 1.40. The molecule has 144 valence electrons. The van der Waals surface area contributed by atoms with Crippen LogP contribution in [0.2, 0.25) is 0 Å². The maximum Gasteiger partial charge on any atom is 0.222 e. The van der Waals surface area contributed by atoms with Gasteiger partial charge in [-0.2, -0.15) is 0 Å². The Morgan fingerprint density at radius 3 is 2.50 bits per heavy atom. The Morgan fingerprint density at radius 2 is 1.81 bits per heavy atom. The molecule has 26 heavy (non-hydrogen) atoms. The van der Waals surface area contributed by atoms with Crippen LogP contribution in [0.4, 0.5) is 5.69 Å². The SMILES string of the molecule is CN(Cc1ccc(N2CCOCC2)cc1)C(=O)CCCC1CCCCC1. The molecule has 1 aromatic carbocycles. The second kappa shape index (κ2) is 9.96. The van der Waals surface area contributed by atoms with Crippen LogP contribution >= 0.6 is 0 Å². The molecule has 0 atom stereocenters. The van der Waals surface area contributed by atoms with E-state index in [0.717, 1.165) is 38.6 Å². The monoisotopic (exact) mass is 358 g/mol. The second-order valence-electron chi connectivity index (χ2n) is 7.91.